The van der Waals surface area contributed by atoms with Crippen LogP contribution in [0.3, 0.4) is 0 Å². The molecule has 0 rings (SSSR count). The lowest BCUT2D eigenvalue weighted by Crippen LogP contribution is -2.46. The van der Waals surface area contributed by atoms with Gasteiger partial charge >= 0.3 is 0 Å². The molecule has 3 unspecified atom stereocenters. The topological polar surface area (TPSA) is 89.8 Å². The van der Waals surface area contributed by atoms with Crippen LogP contribution in [0.4, 0.5) is 0 Å². The zero-order chi connectivity index (χ0) is 51.4. The molecular weight excluding hydrogens is 871 g/mol. The van der Waals surface area contributed by atoms with Crippen LogP contribution in [-0.4, -0.2) is 46.1 Å². The van der Waals surface area contributed by atoms with Crippen LogP contribution in [0.25, 0.3) is 0 Å². The molecule has 0 aliphatic rings. The van der Waals surface area contributed by atoms with Crippen LogP contribution in [0.1, 0.15) is 380 Å². The van der Waals surface area contributed by atoms with Gasteiger partial charge in [0, 0.05) is 0 Å². The van der Waals surface area contributed by atoms with Crippen LogP contribution in [0.15, 0.2) is 12.2 Å². The Kier molecular flexibility index (Phi) is 60.8. The Morgan fingerprint density at radius 3 is 0.817 bits per heavy atom. The minimum atomic E-state index is -0.748. The maximum absolute atomic E-state index is 12.6. The maximum atomic E-state index is 12.6. The number of allylic oxidation sites excluding steroid dienone is 2. The van der Waals surface area contributed by atoms with Gasteiger partial charge in [0.25, 0.3) is 0 Å². The molecule has 0 aromatic carbocycles. The van der Waals surface area contributed by atoms with E-state index in [2.05, 4.69) is 31.3 Å². The van der Waals surface area contributed by atoms with Crippen molar-refractivity contribution >= 4 is 5.91 Å². The number of carbonyl (C=O) groups excluding carboxylic acids is 1. The van der Waals surface area contributed by atoms with Crippen molar-refractivity contribution in [3.63, 3.8) is 0 Å². The minimum absolute atomic E-state index is 0.0415. The first-order chi connectivity index (χ1) is 35.0. The quantitative estimate of drug-likeness (QED) is 0.0361. The monoisotopic (exact) mass is 1000 g/mol. The molecule has 3 atom stereocenters. The summed E-state index contributed by atoms with van der Waals surface area (Å²) in [6.45, 7) is 4.32. The van der Waals surface area contributed by atoms with E-state index in [1.165, 1.54) is 321 Å². The fraction of sp³-hybridized carbons (Fsp3) is 0.955. The van der Waals surface area contributed by atoms with Gasteiger partial charge in [-0.3, -0.25) is 4.79 Å². The molecule has 4 N–H and O–H groups in total. The minimum Gasteiger partial charge on any atom is -0.394 e. The van der Waals surface area contributed by atoms with Crippen LogP contribution < -0.4 is 5.32 Å². The Balaban J connectivity index is 3.44. The highest BCUT2D eigenvalue weighted by Gasteiger charge is 2.21. The van der Waals surface area contributed by atoms with Crippen molar-refractivity contribution in [2.24, 2.45) is 0 Å². The first-order valence-corrected chi connectivity index (χ1v) is 33.0. The molecule has 5 nitrogen and oxygen atoms in total. The van der Waals surface area contributed by atoms with Gasteiger partial charge in [-0.1, -0.05) is 347 Å². The van der Waals surface area contributed by atoms with E-state index in [1.54, 1.807) is 0 Å². The lowest BCUT2D eigenvalue weighted by atomic mass is 10.0. The van der Waals surface area contributed by atoms with Crippen molar-refractivity contribution < 1.29 is 20.1 Å². The third-order valence-electron chi connectivity index (χ3n) is 15.8. The van der Waals surface area contributed by atoms with Crippen molar-refractivity contribution in [2.45, 2.75) is 398 Å². The van der Waals surface area contributed by atoms with Crippen LogP contribution in [0.5, 0.6) is 0 Å². The zero-order valence-electron chi connectivity index (χ0n) is 48.6. The summed E-state index contributed by atoms with van der Waals surface area (Å²) in [5.74, 6) is -0.275. The summed E-state index contributed by atoms with van der Waals surface area (Å²) in [5, 5.41) is 33.7. The fourth-order valence-electron chi connectivity index (χ4n) is 10.8. The molecule has 424 valence electrons. The third kappa shape index (κ3) is 58.2. The second-order valence-corrected chi connectivity index (χ2v) is 23.1. The molecule has 0 aliphatic heterocycles. The number of aliphatic hydroxyl groups excluding tert-OH is 3. The van der Waals surface area contributed by atoms with Gasteiger partial charge in [-0.2, -0.15) is 0 Å². The summed E-state index contributed by atoms with van der Waals surface area (Å²) in [5.41, 5.74) is 0. The molecule has 0 saturated carbocycles. The number of aliphatic hydroxyl groups is 3. The van der Waals surface area contributed by atoms with E-state index >= 15 is 0 Å². The van der Waals surface area contributed by atoms with Gasteiger partial charge in [0.1, 0.15) is 0 Å². The third-order valence-corrected chi connectivity index (χ3v) is 15.8. The van der Waals surface area contributed by atoms with Gasteiger partial charge in [-0.25, -0.2) is 0 Å². The molecule has 0 heterocycles. The van der Waals surface area contributed by atoms with E-state index in [9.17, 15) is 20.1 Å². The van der Waals surface area contributed by atoms with Gasteiger partial charge in [0.2, 0.25) is 5.91 Å². The van der Waals surface area contributed by atoms with Crippen LogP contribution in [0, 0.1) is 0 Å². The SMILES string of the molecule is CCCCCCCCCCCCCCCCCC/C=C\CCCCCCCCCCCCCCCCCC(O)CC(=O)NC(CO)C(O)CCCCCCCCCCCCCCCCCCCCCCC. The summed E-state index contributed by atoms with van der Waals surface area (Å²) >= 11 is 0. The van der Waals surface area contributed by atoms with Gasteiger partial charge in [-0.15, -0.1) is 0 Å². The number of hydrogen-bond donors (Lipinski definition) is 4. The van der Waals surface area contributed by atoms with E-state index < -0.39 is 18.2 Å². The predicted molar refractivity (Wildman–Crippen MR) is 315 cm³/mol. The zero-order valence-corrected chi connectivity index (χ0v) is 48.6. The van der Waals surface area contributed by atoms with Crippen molar-refractivity contribution in [1.29, 1.82) is 0 Å². The number of nitrogens with one attached hydrogen (secondary N) is 1. The van der Waals surface area contributed by atoms with E-state index in [-0.39, 0.29) is 18.9 Å². The molecule has 71 heavy (non-hydrogen) atoms. The van der Waals surface area contributed by atoms with Crippen molar-refractivity contribution in [2.75, 3.05) is 6.61 Å². The molecular formula is C66H131NO4. The van der Waals surface area contributed by atoms with Gasteiger partial charge in [0.15, 0.2) is 0 Å². The smallest absolute Gasteiger partial charge is 0.222 e. The van der Waals surface area contributed by atoms with Gasteiger partial charge in [-0.05, 0) is 38.5 Å². The van der Waals surface area contributed by atoms with Crippen molar-refractivity contribution in [3.05, 3.63) is 12.2 Å². The Bertz CT molecular complexity index is 1020. The molecule has 0 aromatic rings. The number of carbonyl (C=O) groups is 1. The molecule has 0 radical (unpaired) electrons. The van der Waals surface area contributed by atoms with E-state index in [1.807, 2.05) is 0 Å². The Hall–Kier alpha value is -0.910. The van der Waals surface area contributed by atoms with Crippen molar-refractivity contribution in [3.8, 4) is 0 Å². The van der Waals surface area contributed by atoms with Crippen molar-refractivity contribution in [1.82, 2.24) is 5.32 Å². The van der Waals surface area contributed by atoms with Crippen LogP contribution in [0.2, 0.25) is 0 Å². The molecule has 0 bridgehead atoms. The fourth-order valence-corrected chi connectivity index (χ4v) is 10.8. The summed E-state index contributed by atoms with van der Waals surface area (Å²) < 4.78 is 0. The first kappa shape index (κ1) is 70.1. The van der Waals surface area contributed by atoms with E-state index in [0.29, 0.717) is 12.8 Å². The number of unbranched alkanes of at least 4 members (excludes halogenated alkanes) is 51. The highest BCUT2D eigenvalue weighted by atomic mass is 16.3. The Morgan fingerprint density at radius 1 is 0.338 bits per heavy atom. The second-order valence-electron chi connectivity index (χ2n) is 23.1. The summed E-state index contributed by atoms with van der Waals surface area (Å²) in [6.07, 6.45) is 78.5. The molecule has 0 spiro atoms. The van der Waals surface area contributed by atoms with Crippen LogP contribution in [-0.2, 0) is 4.79 Å². The maximum Gasteiger partial charge on any atom is 0.222 e. The lowest BCUT2D eigenvalue weighted by molar-refractivity contribution is -0.125. The number of amides is 1. The number of hydrogen-bond acceptors (Lipinski definition) is 4. The van der Waals surface area contributed by atoms with E-state index in [0.717, 1.165) is 25.7 Å². The molecule has 0 saturated heterocycles. The average molecular weight is 1000 g/mol. The number of rotatable bonds is 62. The summed E-state index contributed by atoms with van der Waals surface area (Å²) in [4.78, 5) is 12.6. The van der Waals surface area contributed by atoms with Crippen LogP contribution >= 0.6 is 0 Å². The van der Waals surface area contributed by atoms with Gasteiger partial charge < -0.3 is 20.6 Å². The Labute approximate surface area is 446 Å². The Morgan fingerprint density at radius 2 is 0.563 bits per heavy atom. The molecule has 5 heteroatoms. The summed E-state index contributed by atoms with van der Waals surface area (Å²) in [7, 11) is 0. The first-order valence-electron chi connectivity index (χ1n) is 33.0. The normalized spacial score (nSPS) is 13.1. The lowest BCUT2D eigenvalue weighted by Gasteiger charge is -2.23. The highest BCUT2D eigenvalue weighted by Crippen LogP contribution is 2.19. The second kappa shape index (κ2) is 61.6. The summed E-state index contributed by atoms with van der Waals surface area (Å²) in [6, 6.07) is -0.657. The van der Waals surface area contributed by atoms with Gasteiger partial charge in [0.05, 0.1) is 31.3 Å². The highest BCUT2D eigenvalue weighted by molar-refractivity contribution is 5.76. The average Bonchev–Trinajstić information content (AvgIpc) is 3.37. The standard InChI is InChI=1S/C66H131NO4/c1-3-5-7-9-11-13-15-17-19-21-23-25-26-27-28-29-30-31-32-33-34-35-36-37-38-40-41-43-45-47-49-51-53-55-57-59-63(69)61-66(71)67-64(62-68)65(70)60-58-56-54-52-50-48-46-44-42-39-24-22-20-18-16-14-12-10-8-6-4-2/h31-32,63-65,68-70H,3-30,33-62H2,1-2H3,(H,67,71)/b32-31-. The molecule has 0 fully saturated rings. The molecule has 1 amide bonds. The predicted octanol–water partition coefficient (Wildman–Crippen LogP) is 21.0. The molecule has 0 aliphatic carbocycles. The molecule has 0 aromatic heterocycles. The van der Waals surface area contributed by atoms with E-state index in [4.69, 9.17) is 0 Å². The largest absolute Gasteiger partial charge is 0.394 e.